The minimum atomic E-state index is -4.32. The summed E-state index contributed by atoms with van der Waals surface area (Å²) < 4.78 is 65.5. The van der Waals surface area contributed by atoms with Crippen molar-refractivity contribution in [2.24, 2.45) is 5.92 Å². The fourth-order valence-corrected chi connectivity index (χ4v) is 3.09. The maximum atomic E-state index is 11.8. The minimum Gasteiger partial charge on any atom is -0.385 e. The van der Waals surface area contributed by atoms with Gasteiger partial charge in [0.2, 0.25) is 10.0 Å². The molecule has 0 aliphatic carbocycles. The van der Waals surface area contributed by atoms with E-state index in [9.17, 15) is 21.6 Å². The van der Waals surface area contributed by atoms with Gasteiger partial charge in [-0.15, -0.1) is 0 Å². The summed E-state index contributed by atoms with van der Waals surface area (Å²) in [6.45, 7) is 2.27. The summed E-state index contributed by atoms with van der Waals surface area (Å²) in [4.78, 5) is 0. The molecule has 0 unspecified atom stereocenters. The fourth-order valence-electron chi connectivity index (χ4n) is 1.26. The third-order valence-electron chi connectivity index (χ3n) is 2.38. The largest absolute Gasteiger partial charge is 0.441 e. The molecule has 1 atom stereocenters. The van der Waals surface area contributed by atoms with E-state index < -0.39 is 15.5 Å². The second kappa shape index (κ2) is 9.04. The van der Waals surface area contributed by atoms with Gasteiger partial charge in [0.25, 0.3) is 0 Å². The van der Waals surface area contributed by atoms with Crippen molar-refractivity contribution >= 4 is 21.8 Å². The summed E-state index contributed by atoms with van der Waals surface area (Å²) in [5.41, 5.74) is -4.32. The number of hydrogen-bond donors (Lipinski definition) is 1. The molecule has 0 bridgehead atoms. The molecule has 0 fully saturated rings. The lowest BCUT2D eigenvalue weighted by Gasteiger charge is -2.12. The number of alkyl halides is 3. The van der Waals surface area contributed by atoms with Crippen molar-refractivity contribution in [2.45, 2.75) is 25.3 Å². The molecule has 19 heavy (non-hydrogen) atoms. The van der Waals surface area contributed by atoms with Crippen molar-refractivity contribution < 1.29 is 26.3 Å². The van der Waals surface area contributed by atoms with E-state index in [-0.39, 0.29) is 35.7 Å². The first-order valence-corrected chi connectivity index (χ1v) is 8.47. The Morgan fingerprint density at radius 3 is 2.47 bits per heavy atom. The lowest BCUT2D eigenvalue weighted by Crippen LogP contribution is -2.29. The van der Waals surface area contributed by atoms with Gasteiger partial charge >= 0.3 is 5.51 Å². The number of thioether (sulfide) groups is 1. The SMILES string of the molecule is COCC[C@H](C)CCS(=O)(=O)NCCSC(F)(F)F. The Bertz CT molecular complexity index is 333. The lowest BCUT2D eigenvalue weighted by atomic mass is 10.1. The van der Waals surface area contributed by atoms with Crippen LogP contribution in [0.4, 0.5) is 13.2 Å². The molecule has 4 nitrogen and oxygen atoms in total. The van der Waals surface area contributed by atoms with Crippen LogP contribution in [0.2, 0.25) is 0 Å². The molecule has 0 aromatic carbocycles. The second-order valence-electron chi connectivity index (χ2n) is 4.18. The summed E-state index contributed by atoms with van der Waals surface area (Å²) in [5, 5.41) is 0. The molecule has 0 amide bonds. The fraction of sp³-hybridized carbons (Fsp3) is 1.00. The van der Waals surface area contributed by atoms with Gasteiger partial charge < -0.3 is 4.74 Å². The molecule has 1 N–H and O–H groups in total. The quantitative estimate of drug-likeness (QED) is 0.626. The first-order chi connectivity index (χ1) is 8.66. The van der Waals surface area contributed by atoms with Crippen molar-refractivity contribution in [3.05, 3.63) is 0 Å². The van der Waals surface area contributed by atoms with Gasteiger partial charge in [-0.25, -0.2) is 13.1 Å². The summed E-state index contributed by atoms with van der Waals surface area (Å²) in [6.07, 6.45) is 1.22. The number of sulfonamides is 1. The predicted molar refractivity (Wildman–Crippen MR) is 70.6 cm³/mol. The molecule has 0 saturated carbocycles. The highest BCUT2D eigenvalue weighted by Gasteiger charge is 2.27. The molecule has 0 aromatic heterocycles. The van der Waals surface area contributed by atoms with Gasteiger partial charge in [0, 0.05) is 26.0 Å². The van der Waals surface area contributed by atoms with E-state index in [4.69, 9.17) is 4.74 Å². The standard InChI is InChI=1S/C10H20F3NO3S2/c1-9(3-6-17-2)4-8-19(15,16)14-5-7-18-10(11,12)13/h9,14H,3-8H2,1-2H3/t9-/m0/s1. The zero-order valence-corrected chi connectivity index (χ0v) is 12.6. The van der Waals surface area contributed by atoms with E-state index in [2.05, 4.69) is 4.72 Å². The van der Waals surface area contributed by atoms with E-state index in [0.717, 1.165) is 6.42 Å². The Morgan fingerprint density at radius 2 is 1.95 bits per heavy atom. The predicted octanol–water partition coefficient (Wildman–Crippen LogP) is 2.22. The Morgan fingerprint density at radius 1 is 1.32 bits per heavy atom. The summed E-state index contributed by atoms with van der Waals surface area (Å²) in [6, 6.07) is 0. The zero-order chi connectivity index (χ0) is 14.9. The number of methoxy groups -OCH3 is 1. The molecular weight excluding hydrogens is 303 g/mol. The van der Waals surface area contributed by atoms with Gasteiger partial charge in [-0.05, 0) is 30.5 Å². The van der Waals surface area contributed by atoms with Gasteiger partial charge in [-0.2, -0.15) is 13.2 Å². The second-order valence-corrected chi connectivity index (χ2v) is 7.27. The molecule has 0 heterocycles. The van der Waals surface area contributed by atoms with Crippen LogP contribution in [0.5, 0.6) is 0 Å². The molecule has 116 valence electrons. The van der Waals surface area contributed by atoms with Crippen LogP contribution >= 0.6 is 11.8 Å². The number of ether oxygens (including phenoxy) is 1. The van der Waals surface area contributed by atoms with Crippen molar-refractivity contribution in [1.82, 2.24) is 4.72 Å². The van der Waals surface area contributed by atoms with Crippen LogP contribution in [0.1, 0.15) is 19.8 Å². The molecule has 9 heteroatoms. The number of rotatable bonds is 10. The maximum absolute atomic E-state index is 11.8. The molecular formula is C10H20F3NO3S2. The number of hydrogen-bond acceptors (Lipinski definition) is 4. The normalized spacial score (nSPS) is 14.6. The smallest absolute Gasteiger partial charge is 0.385 e. The average molecular weight is 323 g/mol. The minimum absolute atomic E-state index is 0.0748. The summed E-state index contributed by atoms with van der Waals surface area (Å²) in [5.74, 6) is -0.197. The zero-order valence-electron chi connectivity index (χ0n) is 11.0. The number of nitrogens with one attached hydrogen (secondary N) is 1. The first-order valence-electron chi connectivity index (χ1n) is 5.83. The molecule has 0 aliphatic heterocycles. The van der Waals surface area contributed by atoms with Crippen molar-refractivity contribution in [3.8, 4) is 0 Å². The average Bonchev–Trinajstić information content (AvgIpc) is 2.28. The van der Waals surface area contributed by atoms with Crippen LogP contribution in [0, 0.1) is 5.92 Å². The van der Waals surface area contributed by atoms with Crippen LogP contribution in [-0.2, 0) is 14.8 Å². The van der Waals surface area contributed by atoms with Crippen LogP contribution in [0.25, 0.3) is 0 Å². The maximum Gasteiger partial charge on any atom is 0.441 e. The van der Waals surface area contributed by atoms with Crippen LogP contribution in [0.3, 0.4) is 0 Å². The van der Waals surface area contributed by atoms with Gasteiger partial charge in [0.05, 0.1) is 5.75 Å². The van der Waals surface area contributed by atoms with Crippen LogP contribution < -0.4 is 4.72 Å². The van der Waals surface area contributed by atoms with Gasteiger partial charge in [-0.3, -0.25) is 0 Å². The third kappa shape index (κ3) is 12.8. The summed E-state index contributed by atoms with van der Waals surface area (Å²) in [7, 11) is -1.92. The van der Waals surface area contributed by atoms with Gasteiger partial charge in [0.15, 0.2) is 0 Å². The summed E-state index contributed by atoms with van der Waals surface area (Å²) >= 11 is -0.234. The molecule has 0 rings (SSSR count). The van der Waals surface area contributed by atoms with Crippen molar-refractivity contribution in [3.63, 3.8) is 0 Å². The third-order valence-corrected chi connectivity index (χ3v) is 4.54. The molecule has 0 aliphatic rings. The number of halogens is 3. The topological polar surface area (TPSA) is 55.4 Å². The monoisotopic (exact) mass is 323 g/mol. The highest BCUT2D eigenvalue weighted by molar-refractivity contribution is 8.00. The highest BCUT2D eigenvalue weighted by Crippen LogP contribution is 2.29. The van der Waals surface area contributed by atoms with E-state index in [0.29, 0.717) is 13.0 Å². The van der Waals surface area contributed by atoms with Gasteiger partial charge in [0.1, 0.15) is 0 Å². The van der Waals surface area contributed by atoms with Gasteiger partial charge in [-0.1, -0.05) is 6.92 Å². The Hall–Kier alpha value is 0.01000. The Labute approximate surface area is 116 Å². The Balaban J connectivity index is 3.80. The molecule has 0 spiro atoms. The highest BCUT2D eigenvalue weighted by atomic mass is 32.2. The van der Waals surface area contributed by atoms with E-state index in [1.165, 1.54) is 0 Å². The van der Waals surface area contributed by atoms with Crippen molar-refractivity contribution in [2.75, 3.05) is 31.8 Å². The van der Waals surface area contributed by atoms with Crippen LogP contribution in [0.15, 0.2) is 0 Å². The van der Waals surface area contributed by atoms with Crippen molar-refractivity contribution in [1.29, 1.82) is 0 Å². The van der Waals surface area contributed by atoms with E-state index in [1.807, 2.05) is 6.92 Å². The molecule has 0 aromatic rings. The molecule has 0 radical (unpaired) electrons. The van der Waals surface area contributed by atoms with Crippen LogP contribution in [-0.4, -0.2) is 45.7 Å². The lowest BCUT2D eigenvalue weighted by molar-refractivity contribution is -0.0327. The molecule has 0 saturated heterocycles. The van der Waals surface area contributed by atoms with E-state index >= 15 is 0 Å². The first kappa shape index (κ1) is 19.0. The van der Waals surface area contributed by atoms with E-state index in [1.54, 1.807) is 7.11 Å². The Kier molecular flexibility index (Phi) is 9.04.